The van der Waals surface area contributed by atoms with Crippen molar-refractivity contribution in [1.29, 1.82) is 0 Å². The van der Waals surface area contributed by atoms with Gasteiger partial charge in [-0.3, -0.25) is 0 Å². The fourth-order valence-electron chi connectivity index (χ4n) is 1.96. The van der Waals surface area contributed by atoms with E-state index in [0.29, 0.717) is 6.04 Å². The van der Waals surface area contributed by atoms with Crippen molar-refractivity contribution in [3.05, 3.63) is 27.7 Å². The Morgan fingerprint density at radius 1 is 1.44 bits per heavy atom. The van der Waals surface area contributed by atoms with Crippen LogP contribution in [0.5, 0.6) is 0 Å². The van der Waals surface area contributed by atoms with Gasteiger partial charge in [-0.2, -0.15) is 0 Å². The second-order valence-corrected chi connectivity index (χ2v) is 5.44. The summed E-state index contributed by atoms with van der Waals surface area (Å²) in [6, 6.07) is 6.42. The lowest BCUT2D eigenvalue weighted by Crippen LogP contribution is -2.39. The minimum absolute atomic E-state index is 0.594. The van der Waals surface area contributed by atoms with Crippen molar-refractivity contribution < 1.29 is 0 Å². The van der Waals surface area contributed by atoms with E-state index in [1.807, 2.05) is 18.2 Å². The highest BCUT2D eigenvalue weighted by atomic mass is 79.9. The lowest BCUT2D eigenvalue weighted by Gasteiger charge is -2.24. The number of halogens is 2. The van der Waals surface area contributed by atoms with Gasteiger partial charge in [0.2, 0.25) is 0 Å². The molecule has 0 amide bonds. The maximum absolute atomic E-state index is 5.90. The maximum atomic E-state index is 5.90. The second kappa shape index (κ2) is 5.89. The van der Waals surface area contributed by atoms with Crippen LogP contribution in [0.25, 0.3) is 0 Å². The molecule has 1 aromatic rings. The van der Waals surface area contributed by atoms with Crippen molar-refractivity contribution in [2.45, 2.75) is 25.3 Å². The number of benzene rings is 1. The molecule has 2 rings (SSSR count). The predicted molar refractivity (Wildman–Crippen MR) is 73.3 cm³/mol. The average molecular weight is 304 g/mol. The Labute approximate surface area is 110 Å². The summed E-state index contributed by atoms with van der Waals surface area (Å²) in [5.41, 5.74) is 1.11. The van der Waals surface area contributed by atoms with Crippen molar-refractivity contribution in [3.63, 3.8) is 0 Å². The second-order valence-electron chi connectivity index (χ2n) is 4.15. The molecule has 2 nitrogen and oxygen atoms in total. The fraction of sp³-hybridized carbons (Fsp3) is 0.500. The monoisotopic (exact) mass is 302 g/mol. The third kappa shape index (κ3) is 3.37. The third-order valence-corrected chi connectivity index (χ3v) is 3.77. The normalized spacial score (nSPS) is 20.8. The van der Waals surface area contributed by atoms with E-state index < -0.39 is 0 Å². The summed E-state index contributed by atoms with van der Waals surface area (Å²) in [6.45, 7) is 2.12. The van der Waals surface area contributed by atoms with Crippen LogP contribution < -0.4 is 10.6 Å². The Bertz CT molecular complexity index is 351. The molecule has 4 heteroatoms. The van der Waals surface area contributed by atoms with Crippen LogP contribution >= 0.6 is 27.5 Å². The van der Waals surface area contributed by atoms with Gasteiger partial charge in [-0.15, -0.1) is 0 Å². The molecule has 0 bridgehead atoms. The summed E-state index contributed by atoms with van der Waals surface area (Å²) in [4.78, 5) is 0. The van der Waals surface area contributed by atoms with Crippen LogP contribution in [-0.4, -0.2) is 19.1 Å². The zero-order chi connectivity index (χ0) is 11.4. The molecule has 2 N–H and O–H groups in total. The molecular weight excluding hydrogens is 288 g/mol. The van der Waals surface area contributed by atoms with E-state index in [2.05, 4.69) is 26.6 Å². The van der Waals surface area contributed by atoms with Gasteiger partial charge < -0.3 is 10.6 Å². The summed E-state index contributed by atoms with van der Waals surface area (Å²) < 4.78 is 1.02. The van der Waals surface area contributed by atoms with Gasteiger partial charge in [0.05, 0.1) is 0 Å². The van der Waals surface area contributed by atoms with Crippen molar-refractivity contribution in [2.24, 2.45) is 0 Å². The Morgan fingerprint density at radius 2 is 2.31 bits per heavy atom. The summed E-state index contributed by atoms with van der Waals surface area (Å²) in [5.74, 6) is 0. The number of hydrogen-bond acceptors (Lipinski definition) is 2. The molecule has 88 valence electrons. The van der Waals surface area contributed by atoms with E-state index >= 15 is 0 Å². The Balaban J connectivity index is 1.88. The molecule has 1 atom stereocenters. The zero-order valence-electron chi connectivity index (χ0n) is 9.10. The van der Waals surface area contributed by atoms with Gasteiger partial charge >= 0.3 is 0 Å². The van der Waals surface area contributed by atoms with Gasteiger partial charge in [0, 0.05) is 27.8 Å². The highest BCUT2D eigenvalue weighted by Gasteiger charge is 2.12. The number of nitrogens with one attached hydrogen (secondary N) is 2. The van der Waals surface area contributed by atoms with E-state index in [1.54, 1.807) is 0 Å². The molecule has 0 aromatic heterocycles. The molecule has 1 aliphatic rings. The molecule has 1 fully saturated rings. The first-order chi connectivity index (χ1) is 7.75. The highest BCUT2D eigenvalue weighted by molar-refractivity contribution is 9.10. The zero-order valence-corrected chi connectivity index (χ0v) is 11.4. The van der Waals surface area contributed by atoms with Crippen molar-refractivity contribution >= 4 is 33.2 Å². The largest absolute Gasteiger partial charge is 0.383 e. The Morgan fingerprint density at radius 3 is 3.00 bits per heavy atom. The first-order valence-corrected chi connectivity index (χ1v) is 6.85. The first-order valence-electron chi connectivity index (χ1n) is 5.68. The number of rotatable bonds is 3. The summed E-state index contributed by atoms with van der Waals surface area (Å²) in [7, 11) is 0. The van der Waals surface area contributed by atoms with Crippen LogP contribution in [0.1, 0.15) is 19.3 Å². The fourth-order valence-corrected chi connectivity index (χ4v) is 2.79. The molecule has 1 unspecified atom stereocenters. The number of hydrogen-bond donors (Lipinski definition) is 2. The van der Waals surface area contributed by atoms with Crippen molar-refractivity contribution in [3.8, 4) is 0 Å². The van der Waals surface area contributed by atoms with Gasteiger partial charge in [-0.25, -0.2) is 0 Å². The number of piperidine rings is 1. The van der Waals surface area contributed by atoms with Gasteiger partial charge in [0.25, 0.3) is 0 Å². The van der Waals surface area contributed by atoms with Crippen LogP contribution in [0.15, 0.2) is 22.7 Å². The van der Waals surface area contributed by atoms with Crippen molar-refractivity contribution in [1.82, 2.24) is 5.32 Å². The molecule has 0 spiro atoms. The standard InChI is InChI=1S/C12H16BrClN2/c13-11-7-9(14)4-5-12(11)16-8-10-3-1-2-6-15-10/h4-5,7,10,15-16H,1-3,6,8H2. The molecule has 0 radical (unpaired) electrons. The topological polar surface area (TPSA) is 24.1 Å². The molecule has 0 aliphatic carbocycles. The maximum Gasteiger partial charge on any atom is 0.0486 e. The quantitative estimate of drug-likeness (QED) is 0.890. The lowest BCUT2D eigenvalue weighted by atomic mass is 10.1. The number of anilines is 1. The summed E-state index contributed by atoms with van der Waals surface area (Å²) in [5, 5.41) is 7.72. The van der Waals surface area contributed by atoms with Crippen LogP contribution in [-0.2, 0) is 0 Å². The minimum Gasteiger partial charge on any atom is -0.383 e. The summed E-state index contributed by atoms with van der Waals surface area (Å²) in [6.07, 6.45) is 3.90. The van der Waals surface area contributed by atoms with E-state index in [0.717, 1.165) is 28.3 Å². The summed E-state index contributed by atoms with van der Waals surface area (Å²) >= 11 is 9.40. The van der Waals surface area contributed by atoms with Crippen molar-refractivity contribution in [2.75, 3.05) is 18.4 Å². The third-order valence-electron chi connectivity index (χ3n) is 2.88. The van der Waals surface area contributed by atoms with Gasteiger partial charge in [-0.1, -0.05) is 18.0 Å². The molecule has 16 heavy (non-hydrogen) atoms. The van der Waals surface area contributed by atoms with Gasteiger partial charge in [-0.05, 0) is 53.5 Å². The molecule has 1 saturated heterocycles. The van der Waals surface area contributed by atoms with Gasteiger partial charge in [0.15, 0.2) is 0 Å². The first kappa shape index (κ1) is 12.2. The van der Waals surface area contributed by atoms with Crippen LogP contribution in [0, 0.1) is 0 Å². The van der Waals surface area contributed by atoms with Crippen LogP contribution in [0.2, 0.25) is 5.02 Å². The van der Waals surface area contributed by atoms with Crippen LogP contribution in [0.3, 0.4) is 0 Å². The molecular formula is C12H16BrClN2. The highest BCUT2D eigenvalue weighted by Crippen LogP contribution is 2.25. The Hall–Kier alpha value is -0.250. The average Bonchev–Trinajstić information content (AvgIpc) is 2.29. The van der Waals surface area contributed by atoms with E-state index in [1.165, 1.54) is 19.3 Å². The van der Waals surface area contributed by atoms with E-state index in [9.17, 15) is 0 Å². The predicted octanol–water partition coefficient (Wildman–Crippen LogP) is 3.66. The van der Waals surface area contributed by atoms with E-state index in [4.69, 9.17) is 11.6 Å². The molecule has 1 aromatic carbocycles. The molecule has 1 aliphatic heterocycles. The minimum atomic E-state index is 0.594. The Kier molecular flexibility index (Phi) is 4.50. The van der Waals surface area contributed by atoms with Crippen LogP contribution in [0.4, 0.5) is 5.69 Å². The molecule has 0 saturated carbocycles. The molecule has 1 heterocycles. The SMILES string of the molecule is Clc1ccc(NCC2CCCCN2)c(Br)c1. The smallest absolute Gasteiger partial charge is 0.0486 e. The van der Waals surface area contributed by atoms with Gasteiger partial charge in [0.1, 0.15) is 0 Å². The lowest BCUT2D eigenvalue weighted by molar-refractivity contribution is 0.414. The van der Waals surface area contributed by atoms with E-state index in [-0.39, 0.29) is 0 Å².